The number of aromatic nitrogens is 1. The number of fused-ring (bicyclic) bond motifs is 1. The molecule has 1 amide bonds. The summed E-state index contributed by atoms with van der Waals surface area (Å²) in [6.07, 6.45) is 3.13. The van der Waals surface area contributed by atoms with Crippen LogP contribution in [-0.2, 0) is 9.84 Å². The fourth-order valence-electron chi connectivity index (χ4n) is 3.37. The van der Waals surface area contributed by atoms with Gasteiger partial charge in [-0.25, -0.2) is 13.4 Å². The number of carbonyl (C=O) groups excluding carboxylic acids is 1. The molecule has 0 spiro atoms. The van der Waals surface area contributed by atoms with Gasteiger partial charge in [-0.05, 0) is 43.6 Å². The Morgan fingerprint density at radius 2 is 1.77 bits per heavy atom. The normalized spacial score (nSPS) is 11.9. The van der Waals surface area contributed by atoms with E-state index in [1.54, 1.807) is 34.9 Å². The third-order valence-corrected chi connectivity index (χ3v) is 8.09. The largest absolute Gasteiger partial charge is 0.302 e. The van der Waals surface area contributed by atoms with Crippen LogP contribution in [0.5, 0.6) is 0 Å². The van der Waals surface area contributed by atoms with Crippen molar-refractivity contribution in [2.45, 2.75) is 23.6 Å². The fourth-order valence-corrected chi connectivity index (χ4v) is 5.89. The first kappa shape index (κ1) is 23.7. The van der Waals surface area contributed by atoms with Gasteiger partial charge >= 0.3 is 0 Å². The topological polar surface area (TPSA) is 70.6 Å². The van der Waals surface area contributed by atoms with Crippen LogP contribution in [0.25, 0.3) is 10.2 Å². The summed E-state index contributed by atoms with van der Waals surface area (Å²) < 4.78 is 25.6. The highest BCUT2D eigenvalue weighted by Gasteiger charge is 2.26. The van der Waals surface area contributed by atoms with E-state index in [-0.39, 0.29) is 16.4 Å². The van der Waals surface area contributed by atoms with Gasteiger partial charge in [-0.3, -0.25) is 9.69 Å². The zero-order chi connectivity index (χ0) is 22.6. The standard InChI is InChI=1S/C22H27N3O3S3/c1-5-24(6-2)14-15-25(21(26)16-10-7-8-13-19(16)31(4,27)28)22-23-20-17(29-3)11-9-12-18(20)30-22/h7-13H,5-6,14-15H2,1-4H3. The van der Waals surface area contributed by atoms with Crippen LogP contribution in [-0.4, -0.2) is 62.9 Å². The number of carbonyl (C=O) groups is 1. The van der Waals surface area contributed by atoms with Crippen LogP contribution in [0.15, 0.2) is 52.3 Å². The molecule has 0 atom stereocenters. The molecule has 9 heteroatoms. The summed E-state index contributed by atoms with van der Waals surface area (Å²) in [5.74, 6) is -0.349. The maximum absolute atomic E-state index is 13.6. The molecule has 0 saturated carbocycles. The molecule has 0 N–H and O–H groups in total. The number of anilines is 1. The first-order chi connectivity index (χ1) is 14.8. The van der Waals surface area contributed by atoms with Crippen molar-refractivity contribution in [1.82, 2.24) is 9.88 Å². The van der Waals surface area contributed by atoms with Crippen molar-refractivity contribution in [3.63, 3.8) is 0 Å². The van der Waals surface area contributed by atoms with Gasteiger partial charge in [0.15, 0.2) is 15.0 Å². The number of thiazole rings is 1. The van der Waals surface area contributed by atoms with Gasteiger partial charge in [0.1, 0.15) is 0 Å². The van der Waals surface area contributed by atoms with Crippen LogP contribution in [0.4, 0.5) is 5.13 Å². The van der Waals surface area contributed by atoms with Crippen molar-refractivity contribution >= 4 is 54.2 Å². The highest BCUT2D eigenvalue weighted by Crippen LogP contribution is 2.35. The molecule has 0 unspecified atom stereocenters. The van der Waals surface area contributed by atoms with Crippen molar-refractivity contribution in [1.29, 1.82) is 0 Å². The highest BCUT2D eigenvalue weighted by atomic mass is 32.2. The number of benzene rings is 2. The number of thioether (sulfide) groups is 1. The minimum atomic E-state index is -3.55. The van der Waals surface area contributed by atoms with Gasteiger partial charge in [-0.1, -0.05) is 43.4 Å². The lowest BCUT2D eigenvalue weighted by Crippen LogP contribution is -2.39. The van der Waals surface area contributed by atoms with Crippen LogP contribution in [0.1, 0.15) is 24.2 Å². The summed E-state index contributed by atoms with van der Waals surface area (Å²) >= 11 is 3.06. The Morgan fingerprint density at radius 1 is 1.06 bits per heavy atom. The number of sulfone groups is 1. The third kappa shape index (κ3) is 5.28. The molecule has 3 rings (SSSR count). The van der Waals surface area contributed by atoms with Crippen molar-refractivity contribution < 1.29 is 13.2 Å². The lowest BCUT2D eigenvalue weighted by Gasteiger charge is -2.25. The molecule has 0 radical (unpaired) electrons. The number of para-hydroxylation sites is 1. The van der Waals surface area contributed by atoms with Gasteiger partial charge in [-0.15, -0.1) is 11.8 Å². The molecule has 2 aromatic carbocycles. The quantitative estimate of drug-likeness (QED) is 0.425. The van der Waals surface area contributed by atoms with Crippen molar-refractivity contribution in [2.24, 2.45) is 0 Å². The molecule has 0 aliphatic heterocycles. The van der Waals surface area contributed by atoms with E-state index in [1.165, 1.54) is 17.4 Å². The molecule has 31 heavy (non-hydrogen) atoms. The van der Waals surface area contributed by atoms with E-state index in [2.05, 4.69) is 18.7 Å². The Labute approximate surface area is 192 Å². The third-order valence-electron chi connectivity index (χ3n) is 5.12. The van der Waals surface area contributed by atoms with Gasteiger partial charge in [0.25, 0.3) is 5.91 Å². The first-order valence-electron chi connectivity index (χ1n) is 10.1. The Hall–Kier alpha value is -1.94. The zero-order valence-corrected chi connectivity index (χ0v) is 20.6. The molecule has 0 aliphatic carbocycles. The summed E-state index contributed by atoms with van der Waals surface area (Å²) in [7, 11) is -3.55. The van der Waals surface area contributed by atoms with Crippen LogP contribution in [0, 0.1) is 0 Å². The van der Waals surface area contributed by atoms with Crippen molar-refractivity contribution in [2.75, 3.05) is 43.6 Å². The zero-order valence-electron chi connectivity index (χ0n) is 18.2. The summed E-state index contributed by atoms with van der Waals surface area (Å²) in [6.45, 7) is 7.00. The molecule has 1 aromatic heterocycles. The lowest BCUT2D eigenvalue weighted by molar-refractivity contribution is 0.0980. The maximum Gasteiger partial charge on any atom is 0.261 e. The average Bonchev–Trinajstić information content (AvgIpc) is 3.19. The van der Waals surface area contributed by atoms with Crippen LogP contribution < -0.4 is 4.90 Å². The van der Waals surface area contributed by atoms with Crippen LogP contribution >= 0.6 is 23.1 Å². The fraction of sp³-hybridized carbons (Fsp3) is 0.364. The number of hydrogen-bond donors (Lipinski definition) is 0. The second kappa shape index (κ2) is 10.1. The van der Waals surface area contributed by atoms with E-state index in [0.717, 1.165) is 34.5 Å². The molecular weight excluding hydrogens is 450 g/mol. The van der Waals surface area contributed by atoms with Crippen LogP contribution in [0.3, 0.4) is 0 Å². The van der Waals surface area contributed by atoms with E-state index in [1.807, 2.05) is 24.5 Å². The van der Waals surface area contributed by atoms with E-state index in [0.29, 0.717) is 18.2 Å². The predicted molar refractivity (Wildman–Crippen MR) is 130 cm³/mol. The second-order valence-corrected chi connectivity index (χ2v) is 10.9. The summed E-state index contributed by atoms with van der Waals surface area (Å²) in [5, 5.41) is 0.581. The molecule has 0 bridgehead atoms. The molecule has 1 heterocycles. The molecular formula is C22H27N3O3S3. The average molecular weight is 478 g/mol. The maximum atomic E-state index is 13.6. The highest BCUT2D eigenvalue weighted by molar-refractivity contribution is 7.98. The lowest BCUT2D eigenvalue weighted by atomic mass is 10.2. The van der Waals surface area contributed by atoms with Gasteiger partial charge in [0, 0.05) is 24.2 Å². The van der Waals surface area contributed by atoms with Gasteiger partial charge < -0.3 is 4.90 Å². The molecule has 166 valence electrons. The summed E-state index contributed by atoms with van der Waals surface area (Å²) in [6, 6.07) is 12.4. The van der Waals surface area contributed by atoms with Gasteiger partial charge in [0.05, 0.1) is 20.7 Å². The Kier molecular flexibility index (Phi) is 7.74. The van der Waals surface area contributed by atoms with E-state index < -0.39 is 9.84 Å². The minimum Gasteiger partial charge on any atom is -0.302 e. The molecule has 0 aliphatic rings. The van der Waals surface area contributed by atoms with Crippen LogP contribution in [0.2, 0.25) is 0 Å². The Bertz CT molecular complexity index is 1170. The number of hydrogen-bond acceptors (Lipinski definition) is 7. The van der Waals surface area contributed by atoms with Crippen molar-refractivity contribution in [3.05, 3.63) is 48.0 Å². The predicted octanol–water partition coefficient (Wildman–Crippen LogP) is 4.41. The second-order valence-electron chi connectivity index (χ2n) is 7.06. The Morgan fingerprint density at radius 3 is 2.42 bits per heavy atom. The number of rotatable bonds is 9. The molecule has 0 saturated heterocycles. The monoisotopic (exact) mass is 477 g/mol. The van der Waals surface area contributed by atoms with E-state index in [9.17, 15) is 13.2 Å². The smallest absolute Gasteiger partial charge is 0.261 e. The molecule has 3 aromatic rings. The van der Waals surface area contributed by atoms with E-state index >= 15 is 0 Å². The van der Waals surface area contributed by atoms with Crippen molar-refractivity contribution in [3.8, 4) is 0 Å². The number of nitrogens with zero attached hydrogens (tertiary/aromatic N) is 3. The summed E-state index contributed by atoms with van der Waals surface area (Å²) in [4.78, 5) is 23.4. The molecule has 0 fully saturated rings. The van der Waals surface area contributed by atoms with Gasteiger partial charge in [-0.2, -0.15) is 0 Å². The first-order valence-corrected chi connectivity index (χ1v) is 14.0. The number of likely N-dealkylation sites (N-methyl/N-ethyl adjacent to an activating group) is 1. The van der Waals surface area contributed by atoms with Gasteiger partial charge in [0.2, 0.25) is 0 Å². The van der Waals surface area contributed by atoms with E-state index in [4.69, 9.17) is 4.98 Å². The Balaban J connectivity index is 2.09. The minimum absolute atomic E-state index is 0.0405. The number of amides is 1. The summed E-state index contributed by atoms with van der Waals surface area (Å²) in [5.41, 5.74) is 1.04. The SMILES string of the molecule is CCN(CC)CCN(C(=O)c1ccccc1S(C)(=O)=O)c1nc2c(SC)cccc2s1. The molecule has 6 nitrogen and oxygen atoms in total.